The molecule has 0 spiro atoms. The van der Waals surface area contributed by atoms with Gasteiger partial charge in [0.25, 0.3) is 10.1 Å². The van der Waals surface area contributed by atoms with Crippen molar-refractivity contribution in [2.45, 2.75) is 26.0 Å². The number of ether oxygens (including phenoxy) is 2. The molecule has 29 heavy (non-hydrogen) atoms. The van der Waals surface area contributed by atoms with Crippen LogP contribution in [0.5, 0.6) is 5.75 Å². The summed E-state index contributed by atoms with van der Waals surface area (Å²) in [6.45, 7) is 2.40. The fourth-order valence-corrected chi connectivity index (χ4v) is 3.66. The molecule has 0 aromatic heterocycles. The highest BCUT2D eigenvalue weighted by molar-refractivity contribution is 14.1. The minimum Gasteiger partial charge on any atom is -0.493 e. The van der Waals surface area contributed by atoms with Crippen LogP contribution in [0, 0.1) is 3.57 Å². The first kappa shape index (κ1) is 23.4. The molecule has 1 atom stereocenters. The first-order valence-electron chi connectivity index (χ1n) is 8.99. The molecule has 7 nitrogen and oxygen atoms in total. The molecule has 0 bridgehead atoms. The summed E-state index contributed by atoms with van der Waals surface area (Å²) in [6.07, 6.45) is 0.701. The lowest BCUT2D eigenvalue weighted by Crippen LogP contribution is -2.40. The minimum absolute atomic E-state index is 0.118. The smallest absolute Gasteiger partial charge is 0.407 e. The largest absolute Gasteiger partial charge is 0.493 e. The minimum atomic E-state index is -3.64. The Bertz CT molecular complexity index is 904. The van der Waals surface area contributed by atoms with Crippen LogP contribution in [0.3, 0.4) is 0 Å². The van der Waals surface area contributed by atoms with Gasteiger partial charge < -0.3 is 14.8 Å². The van der Waals surface area contributed by atoms with Gasteiger partial charge >= 0.3 is 6.09 Å². The molecule has 0 saturated carbocycles. The summed E-state index contributed by atoms with van der Waals surface area (Å²) in [6, 6.07) is 14.3. The summed E-state index contributed by atoms with van der Waals surface area (Å²) in [5.74, 6) is 0.774. The third-order valence-corrected chi connectivity index (χ3v) is 5.20. The average molecular weight is 533 g/mol. The molecular formula is C20H24INO6S. The number of hydrogen-bond donors (Lipinski definition) is 1. The van der Waals surface area contributed by atoms with E-state index in [2.05, 4.69) is 27.9 Å². The number of nitrogens with one attached hydrogen (secondary N) is 1. The number of hydrogen-bond acceptors (Lipinski definition) is 6. The van der Waals surface area contributed by atoms with Crippen molar-refractivity contribution in [2.24, 2.45) is 0 Å². The fraction of sp³-hybridized carbons (Fsp3) is 0.350. The summed E-state index contributed by atoms with van der Waals surface area (Å²) in [7, 11) is -3.64. The lowest BCUT2D eigenvalue weighted by Gasteiger charge is -2.19. The molecule has 1 amide bonds. The van der Waals surface area contributed by atoms with E-state index in [0.29, 0.717) is 13.0 Å². The third kappa shape index (κ3) is 9.01. The number of carbonyl (C=O) groups excluding carboxylic acids is 1. The van der Waals surface area contributed by atoms with Crippen molar-refractivity contribution in [3.05, 3.63) is 63.2 Å². The van der Waals surface area contributed by atoms with Gasteiger partial charge in [0.15, 0.2) is 0 Å². The SMILES string of the molecule is CCOc1ccc(CC(COS(C)(=O)=O)NC(=O)OCc2ccccc2)cc1I. The van der Waals surface area contributed by atoms with Crippen LogP contribution in [0.1, 0.15) is 18.1 Å². The standard InChI is InChI=1S/C20H24INO6S/c1-3-26-19-10-9-16(12-18(19)21)11-17(14-28-29(2,24)25)22-20(23)27-13-15-7-5-4-6-8-15/h4-10,12,17H,3,11,13-14H2,1-2H3,(H,22,23). The monoisotopic (exact) mass is 533 g/mol. The van der Waals surface area contributed by atoms with E-state index in [1.165, 1.54) is 0 Å². The highest BCUT2D eigenvalue weighted by atomic mass is 127. The molecule has 0 heterocycles. The second-order valence-corrected chi connectivity index (χ2v) is 9.10. The summed E-state index contributed by atoms with van der Waals surface area (Å²) in [4.78, 5) is 12.2. The van der Waals surface area contributed by atoms with Crippen molar-refractivity contribution in [3.8, 4) is 5.75 Å². The van der Waals surface area contributed by atoms with E-state index in [9.17, 15) is 13.2 Å². The molecule has 1 unspecified atom stereocenters. The summed E-state index contributed by atoms with van der Waals surface area (Å²) in [5.41, 5.74) is 1.76. The van der Waals surface area contributed by atoms with Gasteiger partial charge in [0.05, 0.1) is 29.1 Å². The highest BCUT2D eigenvalue weighted by Crippen LogP contribution is 2.23. The van der Waals surface area contributed by atoms with Crippen molar-refractivity contribution in [1.29, 1.82) is 0 Å². The normalized spacial score (nSPS) is 12.2. The van der Waals surface area contributed by atoms with Crippen LogP contribution >= 0.6 is 22.6 Å². The molecular weight excluding hydrogens is 509 g/mol. The first-order valence-corrected chi connectivity index (χ1v) is 11.9. The van der Waals surface area contributed by atoms with Gasteiger partial charge in [0.1, 0.15) is 12.4 Å². The summed E-state index contributed by atoms with van der Waals surface area (Å²) in [5, 5.41) is 2.68. The molecule has 9 heteroatoms. The molecule has 1 N–H and O–H groups in total. The molecule has 2 aromatic rings. The van der Waals surface area contributed by atoms with E-state index in [1.807, 2.05) is 55.5 Å². The van der Waals surface area contributed by atoms with E-state index in [-0.39, 0.29) is 13.2 Å². The van der Waals surface area contributed by atoms with Crippen LogP contribution < -0.4 is 10.1 Å². The molecule has 0 aliphatic carbocycles. The van der Waals surface area contributed by atoms with E-state index in [1.54, 1.807) is 0 Å². The van der Waals surface area contributed by atoms with Crippen molar-refractivity contribution < 1.29 is 26.9 Å². The quantitative estimate of drug-likeness (QED) is 0.372. The molecule has 2 aromatic carbocycles. The Kier molecular flexibility index (Phi) is 9.18. The summed E-state index contributed by atoms with van der Waals surface area (Å²) >= 11 is 2.17. The van der Waals surface area contributed by atoms with Crippen molar-refractivity contribution >= 4 is 38.8 Å². The predicted octanol–water partition coefficient (Wildman–Crippen LogP) is 3.50. The third-order valence-electron chi connectivity index (χ3n) is 3.80. The Morgan fingerprint density at radius 3 is 2.48 bits per heavy atom. The second-order valence-electron chi connectivity index (χ2n) is 6.29. The zero-order valence-corrected chi connectivity index (χ0v) is 19.2. The van der Waals surface area contributed by atoms with E-state index < -0.39 is 22.3 Å². The van der Waals surface area contributed by atoms with Crippen molar-refractivity contribution in [1.82, 2.24) is 5.32 Å². The average Bonchev–Trinajstić information content (AvgIpc) is 2.67. The predicted molar refractivity (Wildman–Crippen MR) is 118 cm³/mol. The zero-order valence-electron chi connectivity index (χ0n) is 16.3. The first-order chi connectivity index (χ1) is 13.8. The maximum atomic E-state index is 12.2. The Hall–Kier alpha value is -1.85. The van der Waals surface area contributed by atoms with Gasteiger partial charge in [-0.15, -0.1) is 0 Å². The maximum Gasteiger partial charge on any atom is 0.407 e. The van der Waals surface area contributed by atoms with Crippen LogP contribution in [-0.2, 0) is 32.1 Å². The second kappa shape index (κ2) is 11.4. The van der Waals surface area contributed by atoms with Crippen LogP contribution in [0.2, 0.25) is 0 Å². The lowest BCUT2D eigenvalue weighted by molar-refractivity contribution is 0.131. The molecule has 0 aliphatic heterocycles. The molecule has 0 radical (unpaired) electrons. The molecule has 0 fully saturated rings. The van der Waals surface area contributed by atoms with Gasteiger partial charge in [-0.2, -0.15) is 8.42 Å². The zero-order chi connectivity index (χ0) is 21.3. The van der Waals surface area contributed by atoms with Gasteiger partial charge in [-0.3, -0.25) is 4.18 Å². The summed E-state index contributed by atoms with van der Waals surface area (Å²) < 4.78 is 39.3. The van der Waals surface area contributed by atoms with Gasteiger partial charge in [-0.05, 0) is 59.2 Å². The number of halogens is 1. The number of amides is 1. The topological polar surface area (TPSA) is 90.9 Å². The Morgan fingerprint density at radius 2 is 1.86 bits per heavy atom. The lowest BCUT2D eigenvalue weighted by atomic mass is 10.1. The number of rotatable bonds is 10. The van der Waals surface area contributed by atoms with E-state index >= 15 is 0 Å². The van der Waals surface area contributed by atoms with Crippen LogP contribution in [-0.4, -0.2) is 40.0 Å². The highest BCUT2D eigenvalue weighted by Gasteiger charge is 2.18. The van der Waals surface area contributed by atoms with Crippen LogP contribution in [0.15, 0.2) is 48.5 Å². The van der Waals surface area contributed by atoms with Crippen molar-refractivity contribution in [3.63, 3.8) is 0 Å². The van der Waals surface area contributed by atoms with Gasteiger partial charge in [-0.1, -0.05) is 36.4 Å². The van der Waals surface area contributed by atoms with Gasteiger partial charge in [0.2, 0.25) is 0 Å². The number of benzene rings is 2. The fourth-order valence-electron chi connectivity index (χ4n) is 2.52. The molecule has 0 aliphatic rings. The van der Waals surface area contributed by atoms with Crippen LogP contribution in [0.25, 0.3) is 0 Å². The van der Waals surface area contributed by atoms with Crippen molar-refractivity contribution in [2.75, 3.05) is 19.5 Å². The van der Waals surface area contributed by atoms with Crippen LogP contribution in [0.4, 0.5) is 4.79 Å². The van der Waals surface area contributed by atoms with E-state index in [0.717, 1.165) is 26.7 Å². The maximum absolute atomic E-state index is 12.2. The molecule has 0 saturated heterocycles. The number of carbonyl (C=O) groups is 1. The Morgan fingerprint density at radius 1 is 1.14 bits per heavy atom. The molecule has 158 valence electrons. The Labute approximate surface area is 185 Å². The van der Waals surface area contributed by atoms with Gasteiger partial charge in [-0.25, -0.2) is 4.79 Å². The number of alkyl carbamates (subject to hydrolysis) is 1. The molecule has 2 rings (SSSR count). The van der Waals surface area contributed by atoms with E-state index in [4.69, 9.17) is 13.7 Å². The Balaban J connectivity index is 2.01. The van der Waals surface area contributed by atoms with Gasteiger partial charge in [0, 0.05) is 0 Å².